The number of para-hydroxylation sites is 1. The van der Waals surface area contributed by atoms with E-state index in [1.807, 2.05) is 44.2 Å². The Kier molecular flexibility index (Phi) is 5.98. The van der Waals surface area contributed by atoms with Gasteiger partial charge in [-0.3, -0.25) is 14.5 Å². The maximum absolute atomic E-state index is 12.8. The summed E-state index contributed by atoms with van der Waals surface area (Å²) in [5.41, 5.74) is 5.73. The number of aromatic nitrogens is 1. The van der Waals surface area contributed by atoms with Crippen molar-refractivity contribution in [1.82, 2.24) is 4.98 Å². The Morgan fingerprint density at radius 2 is 1.96 bits per heavy atom. The number of hydrogen-bond donors (Lipinski definition) is 1. The third-order valence-corrected chi connectivity index (χ3v) is 4.13. The lowest BCUT2D eigenvalue weighted by Gasteiger charge is -2.34. The Morgan fingerprint density at radius 1 is 1.21 bits per heavy atom. The van der Waals surface area contributed by atoms with Crippen LogP contribution in [0.3, 0.4) is 0 Å². The summed E-state index contributed by atoms with van der Waals surface area (Å²) in [6.45, 7) is 3.74. The van der Waals surface area contributed by atoms with Crippen molar-refractivity contribution in [3.8, 4) is 11.5 Å². The third kappa shape index (κ3) is 4.51. The van der Waals surface area contributed by atoms with Gasteiger partial charge in [-0.1, -0.05) is 32.0 Å². The predicted octanol–water partition coefficient (Wildman–Crippen LogP) is 2.04. The van der Waals surface area contributed by atoms with Gasteiger partial charge in [0.15, 0.2) is 17.7 Å². The molecule has 1 aromatic carbocycles. The number of carbonyl (C=O) groups excluding carboxylic acids is 2. The molecule has 0 spiro atoms. The number of esters is 1. The molecule has 0 bridgehead atoms. The number of nitrogens with two attached hydrogens (primary N) is 1. The number of carbonyl (C=O) groups is 2. The molecule has 3 rings (SSSR count). The highest BCUT2D eigenvalue weighted by Crippen LogP contribution is 2.34. The first-order chi connectivity index (χ1) is 13.5. The quantitative estimate of drug-likeness (QED) is 0.574. The van der Waals surface area contributed by atoms with Crippen molar-refractivity contribution < 1.29 is 23.8 Å². The fraction of sp³-hybridized carbons (Fsp3) is 0.350. The number of anilines is 2. The van der Waals surface area contributed by atoms with Crippen LogP contribution in [0.4, 0.5) is 11.6 Å². The van der Waals surface area contributed by atoms with Gasteiger partial charge in [0, 0.05) is 0 Å². The number of amides is 1. The van der Waals surface area contributed by atoms with Crippen molar-refractivity contribution in [2.75, 3.05) is 30.4 Å². The molecule has 0 fully saturated rings. The second-order valence-electron chi connectivity index (χ2n) is 6.65. The van der Waals surface area contributed by atoms with Crippen LogP contribution in [0.25, 0.3) is 0 Å². The van der Waals surface area contributed by atoms with Gasteiger partial charge >= 0.3 is 5.97 Å². The Hall–Kier alpha value is -3.29. The summed E-state index contributed by atoms with van der Waals surface area (Å²) in [5.74, 6) is 0.564. The minimum atomic E-state index is -0.702. The number of fused-ring (bicyclic) bond motifs is 1. The molecule has 0 radical (unpaired) electrons. The molecule has 1 unspecified atom stereocenters. The number of nitrogen functional groups attached to an aromatic ring is 1. The van der Waals surface area contributed by atoms with Gasteiger partial charge in [-0.05, 0) is 30.2 Å². The Labute approximate surface area is 163 Å². The molecule has 2 aromatic rings. The zero-order chi connectivity index (χ0) is 20.1. The van der Waals surface area contributed by atoms with E-state index in [-0.39, 0.29) is 43.2 Å². The van der Waals surface area contributed by atoms with E-state index >= 15 is 0 Å². The Morgan fingerprint density at radius 3 is 2.68 bits per heavy atom. The largest absolute Gasteiger partial charge is 0.490 e. The Bertz CT molecular complexity index is 841. The highest BCUT2D eigenvalue weighted by atomic mass is 16.6. The molecule has 1 aliphatic rings. The molecule has 148 valence electrons. The van der Waals surface area contributed by atoms with Crippen LogP contribution < -0.4 is 20.1 Å². The van der Waals surface area contributed by atoms with Gasteiger partial charge in [0.2, 0.25) is 0 Å². The first kappa shape index (κ1) is 19.5. The number of pyridine rings is 1. The van der Waals surface area contributed by atoms with Gasteiger partial charge in [-0.15, -0.1) is 0 Å². The number of hydrogen-bond acceptors (Lipinski definition) is 7. The van der Waals surface area contributed by atoms with E-state index in [0.29, 0.717) is 11.5 Å². The normalized spacial score (nSPS) is 15.8. The average Bonchev–Trinajstić information content (AvgIpc) is 2.68. The molecule has 28 heavy (non-hydrogen) atoms. The van der Waals surface area contributed by atoms with Crippen molar-refractivity contribution >= 4 is 23.5 Å². The number of nitrogens with zero attached hydrogens (tertiary/aromatic N) is 2. The molecule has 0 saturated carbocycles. The summed E-state index contributed by atoms with van der Waals surface area (Å²) < 4.78 is 16.4. The molecular formula is C20H23N3O5. The van der Waals surface area contributed by atoms with Crippen LogP contribution in [0.1, 0.15) is 13.8 Å². The fourth-order valence-electron chi connectivity index (χ4n) is 2.76. The van der Waals surface area contributed by atoms with Crippen molar-refractivity contribution in [2.24, 2.45) is 5.92 Å². The van der Waals surface area contributed by atoms with Crippen molar-refractivity contribution in [3.05, 3.63) is 42.5 Å². The van der Waals surface area contributed by atoms with Gasteiger partial charge in [-0.25, -0.2) is 4.98 Å². The summed E-state index contributed by atoms with van der Waals surface area (Å²) >= 11 is 0. The summed E-state index contributed by atoms with van der Waals surface area (Å²) in [4.78, 5) is 30.5. The van der Waals surface area contributed by atoms with Crippen molar-refractivity contribution in [1.29, 1.82) is 0 Å². The van der Waals surface area contributed by atoms with E-state index in [0.717, 1.165) is 0 Å². The van der Waals surface area contributed by atoms with Crippen LogP contribution in [0.5, 0.6) is 11.5 Å². The fourth-order valence-corrected chi connectivity index (χ4v) is 2.76. The molecule has 2 N–H and O–H groups in total. The van der Waals surface area contributed by atoms with Crippen LogP contribution in [0.15, 0.2) is 42.5 Å². The van der Waals surface area contributed by atoms with E-state index < -0.39 is 12.1 Å². The number of ether oxygens (including phenoxy) is 3. The summed E-state index contributed by atoms with van der Waals surface area (Å²) in [7, 11) is 0. The molecular weight excluding hydrogens is 362 g/mol. The van der Waals surface area contributed by atoms with Crippen LogP contribution in [0, 0.1) is 5.92 Å². The van der Waals surface area contributed by atoms with Gasteiger partial charge in [0.1, 0.15) is 31.3 Å². The lowest BCUT2D eigenvalue weighted by Crippen LogP contribution is -2.50. The minimum Gasteiger partial charge on any atom is -0.490 e. The molecule has 1 aromatic heterocycles. The number of benzene rings is 1. The topological polar surface area (TPSA) is 104 Å². The van der Waals surface area contributed by atoms with Crippen LogP contribution in [-0.4, -0.2) is 42.7 Å². The maximum Gasteiger partial charge on any atom is 0.326 e. The standard InChI is InChI=1S/C20H23N3O5/c1-13(2)18-20(25)23(19-15(28-18)8-9-16(21)22-19)12-17(24)27-11-10-26-14-6-4-3-5-7-14/h3-9,13,18H,10-12H2,1-2H3,(H2,21,22). The zero-order valence-corrected chi connectivity index (χ0v) is 15.8. The van der Waals surface area contributed by atoms with E-state index in [2.05, 4.69) is 4.98 Å². The van der Waals surface area contributed by atoms with Crippen LogP contribution >= 0.6 is 0 Å². The summed E-state index contributed by atoms with van der Waals surface area (Å²) in [5, 5.41) is 0. The molecule has 8 heteroatoms. The third-order valence-electron chi connectivity index (χ3n) is 4.13. The molecule has 1 aliphatic heterocycles. The first-order valence-corrected chi connectivity index (χ1v) is 9.03. The van der Waals surface area contributed by atoms with Crippen LogP contribution in [-0.2, 0) is 14.3 Å². The van der Waals surface area contributed by atoms with E-state index in [4.69, 9.17) is 19.9 Å². The highest BCUT2D eigenvalue weighted by Gasteiger charge is 2.38. The molecule has 1 amide bonds. The molecule has 1 atom stereocenters. The van der Waals surface area contributed by atoms with Gasteiger partial charge in [-0.2, -0.15) is 0 Å². The lowest BCUT2D eigenvalue weighted by atomic mass is 10.0. The van der Waals surface area contributed by atoms with E-state index in [1.165, 1.54) is 4.90 Å². The van der Waals surface area contributed by atoms with Gasteiger partial charge in [0.05, 0.1) is 0 Å². The van der Waals surface area contributed by atoms with E-state index in [9.17, 15) is 9.59 Å². The second kappa shape index (κ2) is 8.60. The van der Waals surface area contributed by atoms with E-state index in [1.54, 1.807) is 12.1 Å². The molecule has 0 saturated heterocycles. The SMILES string of the molecule is CC(C)C1Oc2ccc(N)nc2N(CC(=O)OCCOc2ccccc2)C1=O. The minimum absolute atomic E-state index is 0.0665. The highest BCUT2D eigenvalue weighted by molar-refractivity contribution is 6.02. The maximum atomic E-state index is 12.8. The zero-order valence-electron chi connectivity index (χ0n) is 15.8. The monoisotopic (exact) mass is 385 g/mol. The molecule has 0 aliphatic carbocycles. The molecule has 8 nitrogen and oxygen atoms in total. The average molecular weight is 385 g/mol. The number of rotatable bonds is 7. The first-order valence-electron chi connectivity index (χ1n) is 9.03. The van der Waals surface area contributed by atoms with Crippen molar-refractivity contribution in [3.63, 3.8) is 0 Å². The predicted molar refractivity (Wildman–Crippen MR) is 103 cm³/mol. The van der Waals surface area contributed by atoms with Gasteiger partial charge < -0.3 is 19.9 Å². The smallest absolute Gasteiger partial charge is 0.326 e. The second-order valence-corrected chi connectivity index (χ2v) is 6.65. The summed E-state index contributed by atoms with van der Waals surface area (Å²) in [6.07, 6.45) is -0.702. The lowest BCUT2D eigenvalue weighted by molar-refractivity contribution is -0.144. The Balaban J connectivity index is 1.62. The summed E-state index contributed by atoms with van der Waals surface area (Å²) in [6, 6.07) is 12.4. The molecule has 2 heterocycles. The van der Waals surface area contributed by atoms with Crippen LogP contribution in [0.2, 0.25) is 0 Å². The van der Waals surface area contributed by atoms with Crippen molar-refractivity contribution in [2.45, 2.75) is 20.0 Å². The van der Waals surface area contributed by atoms with Gasteiger partial charge in [0.25, 0.3) is 5.91 Å².